The fourth-order valence-corrected chi connectivity index (χ4v) is 3.72. The molecule has 0 saturated heterocycles. The van der Waals surface area contributed by atoms with Gasteiger partial charge < -0.3 is 29.4 Å². The summed E-state index contributed by atoms with van der Waals surface area (Å²) < 4.78 is 57.1. The Morgan fingerprint density at radius 3 is 2.66 bits per heavy atom. The molecule has 0 unspecified atom stereocenters. The third kappa shape index (κ3) is 6.91. The minimum absolute atomic E-state index is 0.0201. The number of urea groups is 1. The lowest BCUT2D eigenvalue weighted by Gasteiger charge is -2.13. The molecule has 0 fully saturated rings. The number of nitrogens with zero attached hydrogens (tertiary/aromatic N) is 3. The first-order chi connectivity index (χ1) is 18.2. The van der Waals surface area contributed by atoms with Crippen molar-refractivity contribution in [2.24, 2.45) is 0 Å². The van der Waals surface area contributed by atoms with Crippen LogP contribution in [-0.4, -0.2) is 47.5 Å². The number of hydrogen-bond acceptors (Lipinski definition) is 6. The number of rotatable bonds is 10. The normalized spacial score (nSPS) is 11.5. The highest BCUT2D eigenvalue weighted by Gasteiger charge is 2.30. The van der Waals surface area contributed by atoms with Gasteiger partial charge in [-0.15, -0.1) is 0 Å². The van der Waals surface area contributed by atoms with Gasteiger partial charge in [-0.05, 0) is 36.4 Å². The van der Waals surface area contributed by atoms with Gasteiger partial charge in [0.1, 0.15) is 17.6 Å². The Labute approximate surface area is 220 Å². The lowest BCUT2D eigenvalue weighted by molar-refractivity contribution is -0.137. The Morgan fingerprint density at radius 2 is 1.89 bits per heavy atom. The molecule has 9 nitrogen and oxygen atoms in total. The summed E-state index contributed by atoms with van der Waals surface area (Å²) in [4.78, 5) is 20.8. The van der Waals surface area contributed by atoms with Crippen molar-refractivity contribution in [2.45, 2.75) is 12.7 Å². The van der Waals surface area contributed by atoms with E-state index in [1.807, 2.05) is 16.8 Å². The molecule has 0 saturated carbocycles. The van der Waals surface area contributed by atoms with Crippen molar-refractivity contribution in [3.8, 4) is 11.6 Å². The molecule has 13 heteroatoms. The molecule has 0 aliphatic carbocycles. The molecule has 4 aromatic rings. The number of aromatic nitrogens is 3. The van der Waals surface area contributed by atoms with E-state index in [0.717, 1.165) is 12.1 Å². The second-order valence-corrected chi connectivity index (χ2v) is 8.34. The fourth-order valence-electron chi connectivity index (χ4n) is 3.50. The summed E-state index contributed by atoms with van der Waals surface area (Å²) in [7, 11) is 1.61. The van der Waals surface area contributed by atoms with Gasteiger partial charge in [0, 0.05) is 31.6 Å². The highest BCUT2D eigenvalue weighted by molar-refractivity contribution is 6.34. The molecule has 38 heavy (non-hydrogen) atoms. The molecule has 2 N–H and O–H groups in total. The van der Waals surface area contributed by atoms with Crippen molar-refractivity contribution in [2.75, 3.05) is 37.6 Å². The smallest absolute Gasteiger partial charge is 0.416 e. The molecule has 2 heterocycles. The molecule has 2 aromatic carbocycles. The number of hydrogen-bond donors (Lipinski definition) is 2. The second-order valence-electron chi connectivity index (χ2n) is 7.93. The number of alkyl halides is 3. The Morgan fingerprint density at radius 1 is 1.05 bits per heavy atom. The lowest BCUT2D eigenvalue weighted by Crippen LogP contribution is -2.20. The van der Waals surface area contributed by atoms with Gasteiger partial charge in [-0.1, -0.05) is 17.7 Å². The highest BCUT2D eigenvalue weighted by atomic mass is 35.5. The number of amides is 2. The zero-order valence-electron chi connectivity index (χ0n) is 20.1. The monoisotopic (exact) mass is 549 g/mol. The summed E-state index contributed by atoms with van der Waals surface area (Å²) in [6.45, 7) is 1.98. The molecule has 0 atom stereocenters. The van der Waals surface area contributed by atoms with Crippen LogP contribution in [0.5, 0.6) is 11.6 Å². The van der Waals surface area contributed by atoms with Gasteiger partial charge in [0.05, 0.1) is 41.6 Å². The van der Waals surface area contributed by atoms with Crippen LogP contribution < -0.4 is 15.4 Å². The zero-order valence-corrected chi connectivity index (χ0v) is 20.8. The summed E-state index contributed by atoms with van der Waals surface area (Å²) in [5, 5.41) is 5.02. The van der Waals surface area contributed by atoms with Crippen molar-refractivity contribution in [1.82, 2.24) is 14.5 Å². The lowest BCUT2D eigenvalue weighted by atomic mass is 10.2. The van der Waals surface area contributed by atoms with E-state index < -0.39 is 17.8 Å². The molecule has 200 valence electrons. The van der Waals surface area contributed by atoms with E-state index in [1.54, 1.807) is 13.2 Å². The van der Waals surface area contributed by atoms with Gasteiger partial charge in [0.15, 0.2) is 0 Å². The minimum Gasteiger partial charge on any atom is -0.437 e. The molecule has 0 radical (unpaired) electrons. The van der Waals surface area contributed by atoms with Crippen molar-refractivity contribution in [1.29, 1.82) is 0 Å². The average Bonchev–Trinajstić information content (AvgIpc) is 3.29. The van der Waals surface area contributed by atoms with Crippen LogP contribution in [0.15, 0.2) is 61.1 Å². The van der Waals surface area contributed by atoms with Crippen molar-refractivity contribution < 1.29 is 32.2 Å². The first kappa shape index (κ1) is 27.2. The maximum absolute atomic E-state index is 12.9. The van der Waals surface area contributed by atoms with Crippen LogP contribution >= 0.6 is 11.6 Å². The zero-order chi connectivity index (χ0) is 27.1. The Bertz CT molecular complexity index is 1410. The molecule has 2 amide bonds. The van der Waals surface area contributed by atoms with E-state index >= 15 is 0 Å². The number of carbonyl (C=O) groups is 1. The molecule has 0 spiro atoms. The van der Waals surface area contributed by atoms with Crippen LogP contribution in [0.1, 0.15) is 5.56 Å². The van der Waals surface area contributed by atoms with Crippen LogP contribution in [0, 0.1) is 0 Å². The number of benzene rings is 2. The topological polar surface area (TPSA) is 99.5 Å². The van der Waals surface area contributed by atoms with Crippen LogP contribution in [-0.2, 0) is 22.2 Å². The van der Waals surface area contributed by atoms with Crippen molar-refractivity contribution in [3.05, 3.63) is 71.6 Å². The highest BCUT2D eigenvalue weighted by Crippen LogP contribution is 2.33. The minimum atomic E-state index is -4.53. The fraction of sp³-hybridized carbons (Fsp3) is 0.240. The number of anilines is 2. The van der Waals surface area contributed by atoms with Crippen LogP contribution in [0.2, 0.25) is 5.02 Å². The van der Waals surface area contributed by atoms with E-state index in [9.17, 15) is 18.0 Å². The van der Waals surface area contributed by atoms with Crippen LogP contribution in [0.25, 0.3) is 11.0 Å². The summed E-state index contributed by atoms with van der Waals surface area (Å²) in [5.74, 6) is 0.652. The van der Waals surface area contributed by atoms with E-state index in [1.165, 1.54) is 30.6 Å². The largest absolute Gasteiger partial charge is 0.437 e. The number of fused-ring (bicyclic) bond motifs is 1. The van der Waals surface area contributed by atoms with Gasteiger partial charge in [-0.2, -0.15) is 18.2 Å². The SMILES string of the molecule is COCCOCCn1ccc2ncnc(Oc3ccc(NC(=O)Nc4cccc(C(F)(F)F)c4)c(Cl)c3)c21. The van der Waals surface area contributed by atoms with E-state index in [-0.39, 0.29) is 16.4 Å². The molecular weight excluding hydrogens is 527 g/mol. The number of methoxy groups -OCH3 is 1. The van der Waals surface area contributed by atoms with Gasteiger partial charge in [-0.25, -0.2) is 9.78 Å². The van der Waals surface area contributed by atoms with Gasteiger partial charge in [0.25, 0.3) is 0 Å². The Hall–Kier alpha value is -3.87. The standard InChI is InChI=1S/C25H23ClF3N5O4/c1-36-11-12-37-10-9-34-8-7-21-22(34)23(31-15-30-21)38-18-5-6-20(19(26)14-18)33-24(35)32-17-4-2-3-16(13-17)25(27,28)29/h2-8,13-15H,9-12H2,1H3,(H2,32,33,35). The van der Waals surface area contributed by atoms with E-state index in [0.29, 0.717) is 49.0 Å². The molecule has 0 bridgehead atoms. The molecule has 2 aromatic heterocycles. The molecule has 0 aliphatic heterocycles. The second kappa shape index (κ2) is 12.1. The van der Waals surface area contributed by atoms with Crippen molar-refractivity contribution in [3.63, 3.8) is 0 Å². The maximum atomic E-state index is 12.9. The van der Waals surface area contributed by atoms with E-state index in [4.69, 9.17) is 25.8 Å². The average molecular weight is 550 g/mol. The first-order valence-corrected chi connectivity index (χ1v) is 11.7. The van der Waals surface area contributed by atoms with Gasteiger partial charge >= 0.3 is 12.2 Å². The third-order valence-corrected chi connectivity index (χ3v) is 5.59. The predicted octanol–water partition coefficient (Wildman–Crippen LogP) is 6.20. The Kier molecular flexibility index (Phi) is 8.66. The number of ether oxygens (including phenoxy) is 3. The number of halogens is 4. The number of nitrogens with one attached hydrogen (secondary N) is 2. The summed E-state index contributed by atoms with van der Waals surface area (Å²) in [5.41, 5.74) is 0.684. The van der Waals surface area contributed by atoms with Crippen molar-refractivity contribution >= 4 is 40.0 Å². The van der Waals surface area contributed by atoms with Crippen LogP contribution in [0.3, 0.4) is 0 Å². The summed E-state index contributed by atoms with van der Waals surface area (Å²) in [6, 6.07) is 9.93. The molecule has 0 aliphatic rings. The maximum Gasteiger partial charge on any atom is 0.416 e. The predicted molar refractivity (Wildman–Crippen MR) is 136 cm³/mol. The van der Waals surface area contributed by atoms with Crippen LogP contribution in [0.4, 0.5) is 29.3 Å². The van der Waals surface area contributed by atoms with E-state index in [2.05, 4.69) is 20.6 Å². The first-order valence-electron chi connectivity index (χ1n) is 11.3. The summed E-state index contributed by atoms with van der Waals surface area (Å²) in [6.07, 6.45) is -1.29. The quantitative estimate of drug-likeness (QED) is 0.228. The third-order valence-electron chi connectivity index (χ3n) is 5.28. The number of carbonyl (C=O) groups excluding carboxylic acids is 1. The van der Waals surface area contributed by atoms with Gasteiger partial charge in [0.2, 0.25) is 5.88 Å². The Balaban J connectivity index is 1.43. The summed E-state index contributed by atoms with van der Waals surface area (Å²) >= 11 is 6.33. The van der Waals surface area contributed by atoms with Gasteiger partial charge in [-0.3, -0.25) is 0 Å². The molecule has 4 rings (SSSR count). The molecular formula is C25H23ClF3N5O4.